The molecule has 6 heteroatoms. The van der Waals surface area contributed by atoms with Crippen molar-refractivity contribution in [3.8, 4) is 0 Å². The lowest BCUT2D eigenvalue weighted by Gasteiger charge is -2.32. The quantitative estimate of drug-likeness (QED) is 0.874. The maximum atomic E-state index is 10.2. The van der Waals surface area contributed by atoms with Gasteiger partial charge in [-0.3, -0.25) is 0 Å². The fourth-order valence-electron chi connectivity index (χ4n) is 1.62. The predicted molar refractivity (Wildman–Crippen MR) is 63.2 cm³/mol. The minimum absolute atomic E-state index is 0.478. The van der Waals surface area contributed by atoms with Gasteiger partial charge in [-0.25, -0.2) is 9.97 Å². The average Bonchev–Trinajstić information content (AvgIpc) is 2.29. The second kappa shape index (κ2) is 5.07. The predicted octanol–water partition coefficient (Wildman–Crippen LogP) is 1.19. The molecular weight excluding hydrogens is 274 g/mol. The summed E-state index contributed by atoms with van der Waals surface area (Å²) >= 11 is 3.35. The molecule has 88 valence electrons. The zero-order valence-corrected chi connectivity index (χ0v) is 10.4. The van der Waals surface area contributed by atoms with Gasteiger partial charge in [-0.1, -0.05) is 0 Å². The lowest BCUT2D eigenvalue weighted by atomic mass is 9.94. The third-order valence-corrected chi connectivity index (χ3v) is 3.26. The Kier molecular flexibility index (Phi) is 3.73. The molecule has 0 atom stereocenters. The molecule has 0 aliphatic carbocycles. The van der Waals surface area contributed by atoms with Crippen LogP contribution in [0.15, 0.2) is 17.0 Å². The number of nitrogens with zero attached hydrogens (tertiary/aromatic N) is 2. The molecule has 16 heavy (non-hydrogen) atoms. The first kappa shape index (κ1) is 11.8. The number of aliphatic hydroxyl groups is 1. The van der Waals surface area contributed by atoms with Gasteiger partial charge in [0.05, 0.1) is 10.1 Å². The molecule has 1 saturated heterocycles. The molecule has 0 radical (unpaired) electrons. The van der Waals surface area contributed by atoms with Crippen LogP contribution < -0.4 is 5.32 Å². The summed E-state index contributed by atoms with van der Waals surface area (Å²) in [6, 6.07) is 0. The van der Waals surface area contributed by atoms with Crippen LogP contribution in [0.25, 0.3) is 0 Å². The highest BCUT2D eigenvalue weighted by Gasteiger charge is 2.29. The van der Waals surface area contributed by atoms with Gasteiger partial charge in [0, 0.05) is 38.8 Å². The van der Waals surface area contributed by atoms with Crippen LogP contribution in [-0.2, 0) is 4.74 Å². The number of rotatable bonds is 3. The van der Waals surface area contributed by atoms with E-state index in [2.05, 4.69) is 31.2 Å². The van der Waals surface area contributed by atoms with Crippen molar-refractivity contribution in [3.63, 3.8) is 0 Å². The summed E-state index contributed by atoms with van der Waals surface area (Å²) in [5.74, 6) is 0.704. The van der Waals surface area contributed by atoms with Crippen LogP contribution >= 0.6 is 15.9 Å². The number of hydrogen-bond donors (Lipinski definition) is 2. The Bertz CT molecular complexity index is 356. The van der Waals surface area contributed by atoms with Crippen LogP contribution in [0.3, 0.4) is 0 Å². The van der Waals surface area contributed by atoms with E-state index >= 15 is 0 Å². The molecule has 5 nitrogen and oxygen atoms in total. The molecule has 1 aromatic heterocycles. The van der Waals surface area contributed by atoms with E-state index in [1.807, 2.05) is 0 Å². The highest BCUT2D eigenvalue weighted by molar-refractivity contribution is 9.10. The van der Waals surface area contributed by atoms with Crippen molar-refractivity contribution in [3.05, 3.63) is 17.0 Å². The van der Waals surface area contributed by atoms with Crippen LogP contribution in [0.2, 0.25) is 0 Å². The topological polar surface area (TPSA) is 67.3 Å². The smallest absolute Gasteiger partial charge is 0.143 e. The Hall–Kier alpha value is -0.720. The summed E-state index contributed by atoms with van der Waals surface area (Å²) in [5.41, 5.74) is -0.692. The van der Waals surface area contributed by atoms with Gasteiger partial charge in [0.25, 0.3) is 0 Å². The van der Waals surface area contributed by atoms with E-state index in [1.165, 1.54) is 6.33 Å². The van der Waals surface area contributed by atoms with Gasteiger partial charge in [-0.15, -0.1) is 0 Å². The van der Waals surface area contributed by atoms with Crippen molar-refractivity contribution in [1.29, 1.82) is 0 Å². The standard InChI is InChI=1S/C10H14BrN3O2/c11-8-5-12-7-14-9(8)13-6-10(15)1-3-16-4-2-10/h5,7,15H,1-4,6H2,(H,12,13,14). The second-order valence-electron chi connectivity index (χ2n) is 3.91. The van der Waals surface area contributed by atoms with Crippen molar-refractivity contribution < 1.29 is 9.84 Å². The van der Waals surface area contributed by atoms with Crippen molar-refractivity contribution in [2.24, 2.45) is 0 Å². The normalized spacial score (nSPS) is 19.4. The van der Waals surface area contributed by atoms with Crippen LogP contribution in [-0.4, -0.2) is 40.4 Å². The van der Waals surface area contributed by atoms with E-state index in [0.29, 0.717) is 38.4 Å². The monoisotopic (exact) mass is 287 g/mol. The van der Waals surface area contributed by atoms with Crippen LogP contribution in [0.1, 0.15) is 12.8 Å². The third kappa shape index (κ3) is 2.90. The van der Waals surface area contributed by atoms with Gasteiger partial charge in [0.15, 0.2) is 0 Å². The molecule has 0 aromatic carbocycles. The van der Waals surface area contributed by atoms with Crippen molar-refractivity contribution in [2.75, 3.05) is 25.1 Å². The van der Waals surface area contributed by atoms with Gasteiger partial charge in [-0.05, 0) is 15.9 Å². The fourth-order valence-corrected chi connectivity index (χ4v) is 1.98. The number of aromatic nitrogens is 2. The van der Waals surface area contributed by atoms with E-state index in [1.54, 1.807) is 6.20 Å². The van der Waals surface area contributed by atoms with E-state index < -0.39 is 5.60 Å². The molecule has 1 aliphatic heterocycles. The first-order valence-electron chi connectivity index (χ1n) is 5.19. The number of hydrogen-bond acceptors (Lipinski definition) is 5. The fraction of sp³-hybridized carbons (Fsp3) is 0.600. The highest BCUT2D eigenvalue weighted by Crippen LogP contribution is 2.23. The number of halogens is 1. The van der Waals surface area contributed by atoms with Crippen molar-refractivity contribution >= 4 is 21.7 Å². The first-order valence-corrected chi connectivity index (χ1v) is 5.98. The van der Waals surface area contributed by atoms with Gasteiger partial charge < -0.3 is 15.2 Å². The van der Waals surface area contributed by atoms with Crippen molar-refractivity contribution in [2.45, 2.75) is 18.4 Å². The van der Waals surface area contributed by atoms with Crippen LogP contribution in [0, 0.1) is 0 Å². The summed E-state index contributed by atoms with van der Waals surface area (Å²) in [6.45, 7) is 1.71. The van der Waals surface area contributed by atoms with Gasteiger partial charge in [0.2, 0.25) is 0 Å². The summed E-state index contributed by atoms with van der Waals surface area (Å²) in [7, 11) is 0. The molecule has 0 amide bonds. The average molecular weight is 288 g/mol. The van der Waals surface area contributed by atoms with Gasteiger partial charge in [-0.2, -0.15) is 0 Å². The lowest BCUT2D eigenvalue weighted by Crippen LogP contribution is -2.42. The summed E-state index contributed by atoms with van der Waals surface area (Å²) < 4.78 is 6.01. The largest absolute Gasteiger partial charge is 0.388 e. The Labute approximate surface area is 102 Å². The van der Waals surface area contributed by atoms with E-state index in [4.69, 9.17) is 4.74 Å². The van der Waals surface area contributed by atoms with E-state index in [9.17, 15) is 5.11 Å². The first-order chi connectivity index (χ1) is 7.70. The Morgan fingerprint density at radius 2 is 2.25 bits per heavy atom. The number of anilines is 1. The number of ether oxygens (including phenoxy) is 1. The maximum absolute atomic E-state index is 10.2. The lowest BCUT2D eigenvalue weighted by molar-refractivity contribution is -0.0543. The van der Waals surface area contributed by atoms with Crippen LogP contribution in [0.4, 0.5) is 5.82 Å². The second-order valence-corrected chi connectivity index (χ2v) is 4.76. The molecular formula is C10H14BrN3O2. The molecule has 2 heterocycles. The molecule has 1 aliphatic rings. The van der Waals surface area contributed by atoms with E-state index in [-0.39, 0.29) is 0 Å². The van der Waals surface area contributed by atoms with Gasteiger partial charge >= 0.3 is 0 Å². The minimum atomic E-state index is -0.692. The SMILES string of the molecule is OC1(CNc2ncncc2Br)CCOCC1. The van der Waals surface area contributed by atoms with Gasteiger partial charge in [0.1, 0.15) is 12.1 Å². The molecule has 1 fully saturated rings. The van der Waals surface area contributed by atoms with Crippen molar-refractivity contribution in [1.82, 2.24) is 9.97 Å². The molecule has 0 unspecified atom stereocenters. The Balaban J connectivity index is 1.94. The highest BCUT2D eigenvalue weighted by atomic mass is 79.9. The molecule has 0 spiro atoms. The summed E-state index contributed by atoms with van der Waals surface area (Å²) in [5, 5.41) is 13.3. The summed E-state index contributed by atoms with van der Waals surface area (Å²) in [6.07, 6.45) is 4.45. The van der Waals surface area contributed by atoms with E-state index in [0.717, 1.165) is 4.47 Å². The minimum Gasteiger partial charge on any atom is -0.388 e. The zero-order valence-electron chi connectivity index (χ0n) is 8.82. The molecule has 2 N–H and O–H groups in total. The molecule has 0 bridgehead atoms. The molecule has 0 saturated carbocycles. The third-order valence-electron chi connectivity index (χ3n) is 2.68. The molecule has 1 aromatic rings. The number of nitrogens with one attached hydrogen (secondary N) is 1. The summed E-state index contributed by atoms with van der Waals surface area (Å²) in [4.78, 5) is 7.96. The zero-order chi connectivity index (χ0) is 11.4. The van der Waals surface area contributed by atoms with Crippen LogP contribution in [0.5, 0.6) is 0 Å². The Morgan fingerprint density at radius 1 is 1.50 bits per heavy atom. The maximum Gasteiger partial charge on any atom is 0.143 e. The Morgan fingerprint density at radius 3 is 2.94 bits per heavy atom. The molecule has 2 rings (SSSR count).